The fraction of sp³-hybridized carbons (Fsp3) is 0.739. The summed E-state index contributed by atoms with van der Waals surface area (Å²) in [6.07, 6.45) is 78.4. The van der Waals surface area contributed by atoms with Gasteiger partial charge in [0.05, 0.1) is 33.8 Å². The van der Waals surface area contributed by atoms with Crippen LogP contribution in [0.15, 0.2) is 97.2 Å². The van der Waals surface area contributed by atoms with Crippen LogP contribution in [0.3, 0.4) is 0 Å². The average Bonchev–Trinajstić information content (AvgIpc) is 3.41. The van der Waals surface area contributed by atoms with Gasteiger partial charge in [0.1, 0.15) is 19.3 Å². The lowest BCUT2D eigenvalue weighted by molar-refractivity contribution is -0.870. The van der Waals surface area contributed by atoms with Crippen molar-refractivity contribution in [3.05, 3.63) is 97.2 Å². The van der Waals surface area contributed by atoms with Crippen LogP contribution in [-0.2, 0) is 27.9 Å². The lowest BCUT2D eigenvalue weighted by Crippen LogP contribution is -2.47. The summed E-state index contributed by atoms with van der Waals surface area (Å²) in [5.41, 5.74) is 0. The van der Waals surface area contributed by atoms with Crippen molar-refractivity contribution in [2.24, 2.45) is 0 Å². The first kappa shape index (κ1) is 75.9. The molecule has 3 unspecified atom stereocenters. The molecule has 0 spiro atoms. The third-order valence-electron chi connectivity index (χ3n) is 14.1. The average molecular weight is 1120 g/mol. The van der Waals surface area contributed by atoms with Crippen molar-refractivity contribution in [2.75, 3.05) is 40.9 Å². The van der Waals surface area contributed by atoms with Crippen molar-refractivity contribution >= 4 is 19.7 Å². The largest absolute Gasteiger partial charge is 0.472 e. The minimum Gasteiger partial charge on any atom is -0.456 e. The Morgan fingerprint density at radius 3 is 1.34 bits per heavy atom. The summed E-state index contributed by atoms with van der Waals surface area (Å²) >= 11 is 0. The lowest BCUT2D eigenvalue weighted by atomic mass is 10.0. The topological polar surface area (TPSA) is 111 Å². The van der Waals surface area contributed by atoms with Crippen LogP contribution in [-0.4, -0.2) is 74.3 Å². The number of rotatable bonds is 58. The third kappa shape index (κ3) is 59.4. The summed E-state index contributed by atoms with van der Waals surface area (Å²) in [5.74, 6) is -0.524. The molecule has 456 valence electrons. The molecule has 0 aliphatic rings. The summed E-state index contributed by atoms with van der Waals surface area (Å²) in [7, 11) is 1.48. The van der Waals surface area contributed by atoms with Crippen LogP contribution in [0, 0.1) is 0 Å². The zero-order valence-electron chi connectivity index (χ0n) is 52.1. The van der Waals surface area contributed by atoms with E-state index in [1.807, 2.05) is 33.3 Å². The molecule has 0 aromatic carbocycles. The van der Waals surface area contributed by atoms with Gasteiger partial charge in [0.2, 0.25) is 5.91 Å². The van der Waals surface area contributed by atoms with E-state index in [1.54, 1.807) is 0 Å². The van der Waals surface area contributed by atoms with Gasteiger partial charge in [-0.2, -0.15) is 0 Å². The number of esters is 1. The SMILES string of the molecule is CC/C=C/C=C/C=C/CCCCCCCCCC(=O)NC(COP(=O)(O)OCC[N+](C)(C)C)C(/C=C\CCCCCCCCCCC)OC(=O)CCCCCCCCCCCCC/C=C\C/C=C\C/C=C\C/C=C\CCCCC. The van der Waals surface area contributed by atoms with E-state index in [0.29, 0.717) is 17.4 Å². The summed E-state index contributed by atoms with van der Waals surface area (Å²) in [6, 6.07) is -0.860. The molecule has 0 aromatic heterocycles. The summed E-state index contributed by atoms with van der Waals surface area (Å²) in [6.45, 7) is 6.84. The first-order valence-corrected chi connectivity index (χ1v) is 34.1. The predicted molar refractivity (Wildman–Crippen MR) is 341 cm³/mol. The summed E-state index contributed by atoms with van der Waals surface area (Å²) in [5, 5.41) is 3.05. The predicted octanol–water partition coefficient (Wildman–Crippen LogP) is 20.3. The molecule has 0 bridgehead atoms. The highest BCUT2D eigenvalue weighted by Crippen LogP contribution is 2.43. The number of amides is 1. The van der Waals surface area contributed by atoms with Crippen LogP contribution < -0.4 is 5.32 Å². The molecule has 0 saturated carbocycles. The van der Waals surface area contributed by atoms with E-state index >= 15 is 0 Å². The van der Waals surface area contributed by atoms with Gasteiger partial charge in [-0.15, -0.1) is 0 Å². The summed E-state index contributed by atoms with van der Waals surface area (Å²) in [4.78, 5) is 37.7. The lowest BCUT2D eigenvalue weighted by Gasteiger charge is -2.27. The fourth-order valence-electron chi connectivity index (χ4n) is 9.04. The highest BCUT2D eigenvalue weighted by Gasteiger charge is 2.30. The number of nitrogens with zero attached hydrogens (tertiary/aromatic N) is 1. The molecule has 0 rings (SSSR count). The van der Waals surface area contributed by atoms with Crippen molar-refractivity contribution in [3.8, 4) is 0 Å². The quantitative estimate of drug-likeness (QED) is 0.0156. The Morgan fingerprint density at radius 1 is 0.468 bits per heavy atom. The first-order chi connectivity index (χ1) is 38.4. The molecule has 9 nitrogen and oxygen atoms in total. The molecular formula is C69H124N2O7P+. The van der Waals surface area contributed by atoms with Gasteiger partial charge in [-0.3, -0.25) is 18.6 Å². The van der Waals surface area contributed by atoms with Crippen LogP contribution in [0.4, 0.5) is 0 Å². The molecule has 3 atom stereocenters. The van der Waals surface area contributed by atoms with Crippen LogP contribution in [0.1, 0.15) is 278 Å². The number of carbonyl (C=O) groups excluding carboxylic acids is 2. The van der Waals surface area contributed by atoms with E-state index in [9.17, 15) is 19.0 Å². The maximum atomic E-state index is 13.5. The molecule has 1 amide bonds. The normalized spacial score (nSPS) is 14.3. The number of hydrogen-bond donors (Lipinski definition) is 2. The number of phosphoric acid groups is 1. The van der Waals surface area contributed by atoms with Gasteiger partial charge in [0, 0.05) is 12.8 Å². The molecule has 2 N–H and O–H groups in total. The second-order valence-corrected chi connectivity index (χ2v) is 24.4. The number of quaternary nitrogens is 1. The van der Waals surface area contributed by atoms with Crippen molar-refractivity contribution < 1.29 is 37.3 Å². The Balaban J connectivity index is 5.07. The van der Waals surface area contributed by atoms with Gasteiger partial charge in [-0.1, -0.05) is 266 Å². The number of allylic oxidation sites excluding steroid dienone is 15. The number of carbonyl (C=O) groups is 2. The zero-order chi connectivity index (χ0) is 57.9. The fourth-order valence-corrected chi connectivity index (χ4v) is 9.78. The Bertz CT molecular complexity index is 1670. The maximum Gasteiger partial charge on any atom is 0.472 e. The molecule has 0 heterocycles. The Morgan fingerprint density at radius 2 is 0.861 bits per heavy atom. The van der Waals surface area contributed by atoms with Crippen molar-refractivity contribution in [1.29, 1.82) is 0 Å². The Labute approximate surface area is 488 Å². The second-order valence-electron chi connectivity index (χ2n) is 23.0. The molecule has 0 saturated heterocycles. The Kier molecular flexibility index (Phi) is 55.9. The number of phosphoric ester groups is 1. The number of nitrogens with one attached hydrogen (secondary N) is 1. The van der Waals surface area contributed by atoms with Crippen LogP contribution in [0.25, 0.3) is 0 Å². The van der Waals surface area contributed by atoms with Crippen LogP contribution in [0.5, 0.6) is 0 Å². The van der Waals surface area contributed by atoms with Crippen molar-refractivity contribution in [2.45, 2.75) is 290 Å². The maximum absolute atomic E-state index is 13.5. The number of likely N-dealkylation sites (N-methyl/N-ethyl adjacent to an activating group) is 1. The van der Waals surface area contributed by atoms with E-state index in [4.69, 9.17) is 13.8 Å². The molecule has 10 heteroatoms. The minimum absolute atomic E-state index is 0.0332. The molecule has 0 radical (unpaired) electrons. The number of hydrogen-bond acceptors (Lipinski definition) is 6. The van der Waals surface area contributed by atoms with Gasteiger partial charge in [0.25, 0.3) is 0 Å². The highest BCUT2D eigenvalue weighted by atomic mass is 31.2. The van der Waals surface area contributed by atoms with Crippen molar-refractivity contribution in [1.82, 2.24) is 5.32 Å². The molecule has 79 heavy (non-hydrogen) atoms. The standard InChI is InChI=1S/C69H123N2O7P/c1-7-10-13-16-19-22-25-27-29-30-31-32-33-34-35-36-37-38-39-40-42-44-47-50-53-56-59-62-69(73)78-67(60-57-54-51-48-45-24-21-18-15-12-9-3)66(65-77-79(74,75)76-64-63-71(4,5)6)70-68(72)61-58-55-52-49-46-43-41-28-26-23-20-17-14-11-8-2/h11,14,17,19-20,22-23,26-27,29,31-32,34-35,57,60,66-67H,7-10,12-13,15-16,18,21,24-25,28,30,33,36-56,58-59,61-65H2,1-6H3,(H-,70,72,74,75)/p+1/b14-11+,20-17+,22-19-,26-23+,29-27-,32-31-,35-34-,60-57-. The van der Waals surface area contributed by atoms with Crippen LogP contribution >= 0.6 is 7.82 Å². The van der Waals surface area contributed by atoms with E-state index in [2.05, 4.69) is 111 Å². The van der Waals surface area contributed by atoms with E-state index in [0.717, 1.165) is 96.3 Å². The highest BCUT2D eigenvalue weighted by molar-refractivity contribution is 7.47. The molecule has 0 aromatic rings. The second kappa shape index (κ2) is 58.1. The van der Waals surface area contributed by atoms with E-state index in [-0.39, 0.29) is 31.5 Å². The van der Waals surface area contributed by atoms with Crippen molar-refractivity contribution in [3.63, 3.8) is 0 Å². The first-order valence-electron chi connectivity index (χ1n) is 32.6. The molecule has 0 aliphatic heterocycles. The molecular weight excluding hydrogens is 1000 g/mol. The molecule has 0 fully saturated rings. The third-order valence-corrected chi connectivity index (χ3v) is 15.1. The zero-order valence-corrected chi connectivity index (χ0v) is 53.0. The number of unbranched alkanes of at least 4 members (excludes halogenated alkanes) is 30. The van der Waals surface area contributed by atoms with Gasteiger partial charge in [-0.05, 0) is 96.0 Å². The van der Waals surface area contributed by atoms with Gasteiger partial charge < -0.3 is 19.4 Å². The van der Waals surface area contributed by atoms with E-state index in [1.165, 1.54) is 148 Å². The summed E-state index contributed by atoms with van der Waals surface area (Å²) < 4.78 is 30.7. The molecule has 0 aliphatic carbocycles. The van der Waals surface area contributed by atoms with Crippen LogP contribution in [0.2, 0.25) is 0 Å². The smallest absolute Gasteiger partial charge is 0.456 e. The van der Waals surface area contributed by atoms with Gasteiger partial charge in [0.15, 0.2) is 0 Å². The Hall–Kier alpha value is -3.07. The number of ether oxygens (including phenoxy) is 1. The van der Waals surface area contributed by atoms with Gasteiger partial charge in [-0.25, -0.2) is 4.57 Å². The van der Waals surface area contributed by atoms with Gasteiger partial charge >= 0.3 is 13.8 Å². The minimum atomic E-state index is -4.46. The monoisotopic (exact) mass is 1120 g/mol. The van der Waals surface area contributed by atoms with E-state index < -0.39 is 20.0 Å².